The van der Waals surface area contributed by atoms with Gasteiger partial charge in [-0.15, -0.1) is 5.10 Å². The van der Waals surface area contributed by atoms with Gasteiger partial charge >= 0.3 is 0 Å². The molecule has 1 aliphatic rings. The third-order valence-corrected chi connectivity index (χ3v) is 2.69. The van der Waals surface area contributed by atoms with Gasteiger partial charge in [-0.25, -0.2) is 0 Å². The van der Waals surface area contributed by atoms with E-state index in [2.05, 4.69) is 10.3 Å². The monoisotopic (exact) mass is 237 g/mol. The van der Waals surface area contributed by atoms with Crippen LogP contribution in [0.5, 0.6) is 0 Å². The maximum absolute atomic E-state index is 11.4. The summed E-state index contributed by atoms with van der Waals surface area (Å²) in [5.74, 6) is -0.199. The van der Waals surface area contributed by atoms with Crippen LogP contribution < -0.4 is 5.73 Å². The van der Waals surface area contributed by atoms with Crippen molar-refractivity contribution in [3.05, 3.63) is 11.9 Å². The first kappa shape index (κ1) is 11.7. The molecule has 1 fully saturated rings. The molecule has 1 aromatic heterocycles. The number of carbonyl (C=O) groups excluding carboxylic acids is 2. The molecule has 1 saturated heterocycles. The lowest BCUT2D eigenvalue weighted by Gasteiger charge is -2.12. The fourth-order valence-electron chi connectivity index (χ4n) is 1.78. The van der Waals surface area contributed by atoms with Gasteiger partial charge in [-0.1, -0.05) is 5.21 Å². The second-order valence-electron chi connectivity index (χ2n) is 3.95. The van der Waals surface area contributed by atoms with Gasteiger partial charge in [-0.05, 0) is 6.54 Å². The maximum atomic E-state index is 11.4. The van der Waals surface area contributed by atoms with Crippen LogP contribution in [-0.4, -0.2) is 44.8 Å². The van der Waals surface area contributed by atoms with E-state index in [1.54, 1.807) is 10.9 Å². The number of rotatable bonds is 5. The van der Waals surface area contributed by atoms with Crippen molar-refractivity contribution < 1.29 is 9.59 Å². The molecule has 7 nitrogen and oxygen atoms in total. The van der Waals surface area contributed by atoms with Gasteiger partial charge in [0, 0.05) is 32.0 Å². The van der Waals surface area contributed by atoms with E-state index < -0.39 is 0 Å². The second-order valence-corrected chi connectivity index (χ2v) is 3.95. The molecule has 1 aromatic rings. The number of amides is 2. The van der Waals surface area contributed by atoms with Gasteiger partial charge in [0.2, 0.25) is 11.8 Å². The number of imide groups is 1. The van der Waals surface area contributed by atoms with Crippen molar-refractivity contribution in [3.8, 4) is 0 Å². The summed E-state index contributed by atoms with van der Waals surface area (Å²) in [5, 5.41) is 7.84. The standard InChI is InChI=1S/C10H15N5O2/c11-4-3-8-7-14(13-12-8)5-6-15-9(16)1-2-10(15)17/h7H,1-6,11H2. The molecule has 0 unspecified atom stereocenters. The Morgan fingerprint density at radius 1 is 1.24 bits per heavy atom. The summed E-state index contributed by atoms with van der Waals surface area (Å²) in [6.45, 7) is 1.37. The first-order valence-corrected chi connectivity index (χ1v) is 5.63. The molecule has 92 valence electrons. The molecule has 0 saturated carbocycles. The fraction of sp³-hybridized carbons (Fsp3) is 0.600. The minimum Gasteiger partial charge on any atom is -0.330 e. The lowest BCUT2D eigenvalue weighted by atomic mass is 10.3. The smallest absolute Gasteiger partial charge is 0.229 e. The molecule has 2 amide bonds. The van der Waals surface area contributed by atoms with Crippen LogP contribution in [0.15, 0.2) is 6.20 Å². The summed E-state index contributed by atoms with van der Waals surface area (Å²) < 4.78 is 1.63. The van der Waals surface area contributed by atoms with Crippen LogP contribution >= 0.6 is 0 Å². The molecule has 0 bridgehead atoms. The van der Waals surface area contributed by atoms with Crippen LogP contribution in [0.3, 0.4) is 0 Å². The van der Waals surface area contributed by atoms with Crippen LogP contribution in [0.4, 0.5) is 0 Å². The molecule has 0 atom stereocenters. The number of nitrogens with zero attached hydrogens (tertiary/aromatic N) is 4. The van der Waals surface area contributed by atoms with Gasteiger partial charge in [0.25, 0.3) is 0 Å². The summed E-state index contributed by atoms with van der Waals surface area (Å²) in [6.07, 6.45) is 3.13. The third kappa shape index (κ3) is 2.68. The Morgan fingerprint density at radius 3 is 2.59 bits per heavy atom. The Hall–Kier alpha value is -1.76. The average molecular weight is 237 g/mol. The number of hydrogen-bond donors (Lipinski definition) is 1. The fourth-order valence-corrected chi connectivity index (χ4v) is 1.78. The van der Waals surface area contributed by atoms with Crippen molar-refractivity contribution in [2.45, 2.75) is 25.8 Å². The van der Waals surface area contributed by atoms with Crippen LogP contribution in [0.25, 0.3) is 0 Å². The molecule has 0 radical (unpaired) electrons. The average Bonchev–Trinajstić information content (AvgIpc) is 2.86. The van der Waals surface area contributed by atoms with Crippen molar-refractivity contribution >= 4 is 11.8 Å². The van der Waals surface area contributed by atoms with Crippen molar-refractivity contribution in [2.24, 2.45) is 5.73 Å². The molecule has 0 aliphatic carbocycles. The third-order valence-electron chi connectivity index (χ3n) is 2.69. The summed E-state index contributed by atoms with van der Waals surface area (Å²) >= 11 is 0. The first-order chi connectivity index (χ1) is 8.20. The Labute approximate surface area is 98.6 Å². The zero-order valence-corrected chi connectivity index (χ0v) is 9.50. The number of likely N-dealkylation sites (tertiary alicyclic amines) is 1. The molecule has 2 heterocycles. The normalized spacial score (nSPS) is 15.9. The Bertz CT molecular complexity index is 412. The van der Waals surface area contributed by atoms with E-state index in [1.807, 2.05) is 0 Å². The number of hydrogen-bond acceptors (Lipinski definition) is 5. The summed E-state index contributed by atoms with van der Waals surface area (Å²) in [6, 6.07) is 0. The lowest BCUT2D eigenvalue weighted by Crippen LogP contribution is -2.32. The largest absolute Gasteiger partial charge is 0.330 e. The summed E-state index contributed by atoms with van der Waals surface area (Å²) in [4.78, 5) is 24.0. The molecule has 2 N–H and O–H groups in total. The minimum absolute atomic E-state index is 0.0997. The Kier molecular flexibility index (Phi) is 3.48. The minimum atomic E-state index is -0.0997. The molecule has 2 rings (SSSR count). The SMILES string of the molecule is NCCc1cn(CCN2C(=O)CCC2=O)nn1. The number of nitrogens with two attached hydrogens (primary N) is 1. The van der Waals surface area contributed by atoms with Gasteiger partial charge in [-0.3, -0.25) is 19.2 Å². The molecular formula is C10H15N5O2. The Morgan fingerprint density at radius 2 is 1.94 bits per heavy atom. The quantitative estimate of drug-likeness (QED) is 0.658. The molecule has 1 aliphatic heterocycles. The Balaban J connectivity index is 1.88. The maximum Gasteiger partial charge on any atom is 0.229 e. The highest BCUT2D eigenvalue weighted by atomic mass is 16.2. The van der Waals surface area contributed by atoms with Crippen molar-refractivity contribution in [3.63, 3.8) is 0 Å². The van der Waals surface area contributed by atoms with E-state index in [1.165, 1.54) is 4.90 Å². The van der Waals surface area contributed by atoms with Gasteiger partial charge in [0.15, 0.2) is 0 Å². The topological polar surface area (TPSA) is 94.1 Å². The highest BCUT2D eigenvalue weighted by Crippen LogP contribution is 2.11. The number of carbonyl (C=O) groups is 2. The summed E-state index contributed by atoms with van der Waals surface area (Å²) in [7, 11) is 0. The first-order valence-electron chi connectivity index (χ1n) is 5.63. The predicted octanol–water partition coefficient (Wildman–Crippen LogP) is -1.07. The lowest BCUT2D eigenvalue weighted by molar-refractivity contribution is -0.138. The molecular weight excluding hydrogens is 222 g/mol. The highest BCUT2D eigenvalue weighted by Gasteiger charge is 2.28. The number of aromatic nitrogens is 3. The van der Waals surface area contributed by atoms with E-state index in [4.69, 9.17) is 5.73 Å². The molecule has 0 aromatic carbocycles. The van der Waals surface area contributed by atoms with E-state index in [9.17, 15) is 9.59 Å². The van der Waals surface area contributed by atoms with E-state index in [0.29, 0.717) is 38.9 Å². The van der Waals surface area contributed by atoms with Crippen molar-refractivity contribution in [1.82, 2.24) is 19.9 Å². The van der Waals surface area contributed by atoms with Crippen LogP contribution in [0.2, 0.25) is 0 Å². The predicted molar refractivity (Wildman–Crippen MR) is 58.7 cm³/mol. The van der Waals surface area contributed by atoms with E-state index >= 15 is 0 Å². The van der Waals surface area contributed by atoms with Crippen LogP contribution in [0.1, 0.15) is 18.5 Å². The highest BCUT2D eigenvalue weighted by molar-refractivity contribution is 6.01. The van der Waals surface area contributed by atoms with Gasteiger partial charge in [-0.2, -0.15) is 0 Å². The van der Waals surface area contributed by atoms with Crippen molar-refractivity contribution in [1.29, 1.82) is 0 Å². The van der Waals surface area contributed by atoms with E-state index in [0.717, 1.165) is 5.69 Å². The van der Waals surface area contributed by atoms with Crippen LogP contribution in [-0.2, 0) is 22.6 Å². The van der Waals surface area contributed by atoms with Crippen LogP contribution in [0, 0.1) is 0 Å². The second kappa shape index (κ2) is 5.05. The van der Waals surface area contributed by atoms with E-state index in [-0.39, 0.29) is 11.8 Å². The molecule has 17 heavy (non-hydrogen) atoms. The van der Waals surface area contributed by atoms with Crippen molar-refractivity contribution in [2.75, 3.05) is 13.1 Å². The summed E-state index contributed by atoms with van der Waals surface area (Å²) in [5.41, 5.74) is 6.23. The van der Waals surface area contributed by atoms with Gasteiger partial charge in [0.05, 0.1) is 12.2 Å². The molecule has 0 spiro atoms. The zero-order chi connectivity index (χ0) is 12.3. The zero-order valence-electron chi connectivity index (χ0n) is 9.50. The molecule has 7 heteroatoms. The van der Waals surface area contributed by atoms with Gasteiger partial charge < -0.3 is 5.73 Å². The van der Waals surface area contributed by atoms with Gasteiger partial charge in [0.1, 0.15) is 0 Å².